The highest BCUT2D eigenvalue weighted by Gasteiger charge is 2.11. The summed E-state index contributed by atoms with van der Waals surface area (Å²) in [7, 11) is 0. The second-order valence-corrected chi connectivity index (χ2v) is 5.22. The normalized spacial score (nSPS) is 12.3. The minimum atomic E-state index is -0.384. The van der Waals surface area contributed by atoms with E-state index in [0.29, 0.717) is 6.54 Å². The van der Waals surface area contributed by atoms with Crippen molar-refractivity contribution in [2.45, 2.75) is 19.5 Å². The third-order valence-corrected chi connectivity index (χ3v) is 3.37. The number of non-ortho nitro benzene ring substituents is 1. The van der Waals surface area contributed by atoms with Gasteiger partial charge in [0.15, 0.2) is 3.77 Å². The molecule has 0 aliphatic carbocycles. The van der Waals surface area contributed by atoms with Crippen LogP contribution in [0.15, 0.2) is 40.8 Å². The van der Waals surface area contributed by atoms with Crippen molar-refractivity contribution in [3.63, 3.8) is 0 Å². The molecule has 0 bridgehead atoms. The second-order valence-electron chi connectivity index (χ2n) is 4.16. The van der Waals surface area contributed by atoms with Crippen LogP contribution in [0.1, 0.15) is 24.3 Å². The van der Waals surface area contributed by atoms with E-state index >= 15 is 0 Å². The molecule has 2 aromatic rings. The molecule has 0 aliphatic rings. The van der Waals surface area contributed by atoms with E-state index in [2.05, 4.69) is 27.9 Å². The van der Waals surface area contributed by atoms with Gasteiger partial charge in [0.05, 0.1) is 11.5 Å². The van der Waals surface area contributed by atoms with Crippen molar-refractivity contribution in [1.29, 1.82) is 0 Å². The summed E-state index contributed by atoms with van der Waals surface area (Å²) < 4.78 is 6.29. The van der Waals surface area contributed by atoms with E-state index in [1.54, 1.807) is 12.1 Å². The number of nitrogens with zero attached hydrogens (tertiary/aromatic N) is 1. The molecule has 1 unspecified atom stereocenters. The van der Waals surface area contributed by atoms with Crippen LogP contribution in [0, 0.1) is 13.9 Å². The van der Waals surface area contributed by atoms with E-state index < -0.39 is 0 Å². The minimum absolute atomic E-state index is 0.0164. The van der Waals surface area contributed by atoms with Gasteiger partial charge in [-0.15, -0.1) is 0 Å². The van der Waals surface area contributed by atoms with Crippen molar-refractivity contribution >= 4 is 28.3 Å². The van der Waals surface area contributed by atoms with Crippen LogP contribution in [0.25, 0.3) is 0 Å². The van der Waals surface area contributed by atoms with Crippen molar-refractivity contribution in [2.24, 2.45) is 0 Å². The maximum atomic E-state index is 10.7. The number of nitro benzene ring substituents is 1. The number of nitro groups is 1. The topological polar surface area (TPSA) is 68.3 Å². The third-order valence-electron chi connectivity index (χ3n) is 2.79. The van der Waals surface area contributed by atoms with Crippen molar-refractivity contribution in [1.82, 2.24) is 5.32 Å². The lowest BCUT2D eigenvalue weighted by atomic mass is 10.1. The highest BCUT2D eigenvalue weighted by molar-refractivity contribution is 14.1. The first-order chi connectivity index (χ1) is 9.06. The fourth-order valence-electron chi connectivity index (χ4n) is 1.73. The van der Waals surface area contributed by atoms with Crippen molar-refractivity contribution in [2.75, 3.05) is 0 Å². The Hall–Kier alpha value is -1.41. The molecule has 0 radical (unpaired) electrons. The van der Waals surface area contributed by atoms with Crippen LogP contribution in [-0.2, 0) is 6.54 Å². The van der Waals surface area contributed by atoms with Crippen molar-refractivity contribution in [3.8, 4) is 0 Å². The smallest absolute Gasteiger partial charge is 0.269 e. The first kappa shape index (κ1) is 14.0. The lowest BCUT2D eigenvalue weighted by Crippen LogP contribution is -2.17. The van der Waals surface area contributed by atoms with Gasteiger partial charge in [0, 0.05) is 18.2 Å². The Morgan fingerprint density at radius 3 is 2.84 bits per heavy atom. The SMILES string of the molecule is CC(NCc1ccc(I)o1)c1cccc([N+](=O)[O-])c1. The van der Waals surface area contributed by atoms with E-state index in [4.69, 9.17) is 4.42 Å². The average molecular weight is 372 g/mol. The van der Waals surface area contributed by atoms with Crippen molar-refractivity contribution < 1.29 is 9.34 Å². The Balaban J connectivity index is 2.01. The molecule has 2 rings (SSSR count). The number of benzene rings is 1. The van der Waals surface area contributed by atoms with E-state index in [0.717, 1.165) is 15.1 Å². The predicted octanol–water partition coefficient (Wildman–Crippen LogP) is 3.64. The van der Waals surface area contributed by atoms with E-state index in [9.17, 15) is 10.1 Å². The van der Waals surface area contributed by atoms with Gasteiger partial charge in [0.1, 0.15) is 5.76 Å². The standard InChI is InChI=1S/C13H13IN2O3/c1-9(15-8-12-5-6-13(14)19-12)10-3-2-4-11(7-10)16(17)18/h2-7,9,15H,8H2,1H3. The first-order valence-electron chi connectivity index (χ1n) is 5.78. The predicted molar refractivity (Wildman–Crippen MR) is 79.8 cm³/mol. The molecule has 19 heavy (non-hydrogen) atoms. The Morgan fingerprint density at radius 2 is 2.21 bits per heavy atom. The molecule has 1 aromatic heterocycles. The van der Waals surface area contributed by atoms with E-state index in [1.165, 1.54) is 6.07 Å². The zero-order chi connectivity index (χ0) is 13.8. The maximum Gasteiger partial charge on any atom is 0.269 e. The largest absolute Gasteiger partial charge is 0.454 e. The van der Waals surface area contributed by atoms with Crippen LogP contribution in [0.5, 0.6) is 0 Å². The molecule has 100 valence electrons. The van der Waals surface area contributed by atoms with Crippen LogP contribution in [-0.4, -0.2) is 4.92 Å². The summed E-state index contributed by atoms with van der Waals surface area (Å²) in [6.07, 6.45) is 0. The number of nitrogens with one attached hydrogen (secondary N) is 1. The van der Waals surface area contributed by atoms with Crippen LogP contribution >= 0.6 is 22.6 Å². The summed E-state index contributed by atoms with van der Waals surface area (Å²) in [5, 5.41) is 14.0. The highest BCUT2D eigenvalue weighted by Crippen LogP contribution is 2.19. The number of hydrogen-bond donors (Lipinski definition) is 1. The summed E-state index contributed by atoms with van der Waals surface area (Å²) in [5.74, 6) is 0.849. The molecular weight excluding hydrogens is 359 g/mol. The molecule has 5 nitrogen and oxygen atoms in total. The maximum absolute atomic E-state index is 10.7. The molecule has 1 atom stereocenters. The molecule has 1 N–H and O–H groups in total. The van der Waals surface area contributed by atoms with E-state index in [-0.39, 0.29) is 16.7 Å². The summed E-state index contributed by atoms with van der Waals surface area (Å²) in [6.45, 7) is 2.56. The Kier molecular flexibility index (Phi) is 4.54. The lowest BCUT2D eigenvalue weighted by Gasteiger charge is -2.12. The molecular formula is C13H13IN2O3. The average Bonchev–Trinajstić information content (AvgIpc) is 2.82. The molecule has 1 heterocycles. The first-order valence-corrected chi connectivity index (χ1v) is 6.86. The van der Waals surface area contributed by atoms with Crippen LogP contribution in [0.3, 0.4) is 0 Å². The van der Waals surface area contributed by atoms with Crippen LogP contribution in [0.2, 0.25) is 0 Å². The van der Waals surface area contributed by atoms with Crippen molar-refractivity contribution in [3.05, 3.63) is 61.6 Å². The van der Waals surface area contributed by atoms with Gasteiger partial charge >= 0.3 is 0 Å². The molecule has 0 fully saturated rings. The third kappa shape index (κ3) is 3.77. The molecule has 0 amide bonds. The highest BCUT2D eigenvalue weighted by atomic mass is 127. The fourth-order valence-corrected chi connectivity index (χ4v) is 2.19. The van der Waals surface area contributed by atoms with Gasteiger partial charge in [-0.05, 0) is 47.2 Å². The zero-order valence-electron chi connectivity index (χ0n) is 10.3. The Morgan fingerprint density at radius 1 is 1.42 bits per heavy atom. The second kappa shape index (κ2) is 6.16. The minimum Gasteiger partial charge on any atom is -0.454 e. The summed E-state index contributed by atoms with van der Waals surface area (Å²) in [4.78, 5) is 10.3. The van der Waals surface area contributed by atoms with Gasteiger partial charge in [-0.25, -0.2) is 0 Å². The van der Waals surface area contributed by atoms with Gasteiger partial charge in [-0.1, -0.05) is 12.1 Å². The molecule has 0 saturated heterocycles. The number of hydrogen-bond acceptors (Lipinski definition) is 4. The molecule has 0 aliphatic heterocycles. The van der Waals surface area contributed by atoms with Gasteiger partial charge in [-0.2, -0.15) is 0 Å². The van der Waals surface area contributed by atoms with Crippen LogP contribution < -0.4 is 5.32 Å². The summed E-state index contributed by atoms with van der Waals surface area (Å²) in [6, 6.07) is 10.5. The summed E-state index contributed by atoms with van der Waals surface area (Å²) in [5.41, 5.74) is 0.995. The molecule has 1 aromatic carbocycles. The van der Waals surface area contributed by atoms with Gasteiger partial charge < -0.3 is 9.73 Å². The zero-order valence-corrected chi connectivity index (χ0v) is 12.5. The Bertz CT molecular complexity index is 583. The monoisotopic (exact) mass is 372 g/mol. The van der Waals surface area contributed by atoms with E-state index in [1.807, 2.05) is 25.1 Å². The lowest BCUT2D eigenvalue weighted by molar-refractivity contribution is -0.384. The molecule has 0 spiro atoms. The quantitative estimate of drug-likeness (QED) is 0.494. The van der Waals surface area contributed by atoms with Crippen LogP contribution in [0.4, 0.5) is 5.69 Å². The molecule has 6 heteroatoms. The fraction of sp³-hybridized carbons (Fsp3) is 0.231. The molecule has 0 saturated carbocycles. The van der Waals surface area contributed by atoms with Gasteiger partial charge in [0.2, 0.25) is 0 Å². The number of rotatable bonds is 5. The van der Waals surface area contributed by atoms with Gasteiger partial charge in [0.25, 0.3) is 5.69 Å². The number of furan rings is 1. The Labute approximate surface area is 124 Å². The van der Waals surface area contributed by atoms with Gasteiger partial charge in [-0.3, -0.25) is 10.1 Å². The summed E-state index contributed by atoms with van der Waals surface area (Å²) >= 11 is 2.11. The number of halogens is 1.